The van der Waals surface area contributed by atoms with Gasteiger partial charge in [-0.2, -0.15) is 0 Å². The summed E-state index contributed by atoms with van der Waals surface area (Å²) in [5.74, 6) is -0.848. The van der Waals surface area contributed by atoms with E-state index in [1.807, 2.05) is 37.3 Å². The van der Waals surface area contributed by atoms with Gasteiger partial charge < -0.3 is 14.7 Å². The predicted molar refractivity (Wildman–Crippen MR) is 127 cm³/mol. The minimum Gasteiger partial charge on any atom is -0.496 e. The molecule has 0 radical (unpaired) electrons. The SMILES string of the molecule is CCN(Cc1c(CC(=O)O)c(-c2ccc(F)cn2)cc(OC)c1-c1ccccc1)C(=O)C1CC1. The van der Waals surface area contributed by atoms with Gasteiger partial charge in [0, 0.05) is 30.1 Å². The number of hydrogen-bond donors (Lipinski definition) is 1. The summed E-state index contributed by atoms with van der Waals surface area (Å²) in [7, 11) is 1.55. The number of carbonyl (C=O) groups is 2. The van der Waals surface area contributed by atoms with Crippen molar-refractivity contribution in [3.63, 3.8) is 0 Å². The van der Waals surface area contributed by atoms with Gasteiger partial charge in [-0.1, -0.05) is 30.3 Å². The van der Waals surface area contributed by atoms with E-state index < -0.39 is 11.8 Å². The highest BCUT2D eigenvalue weighted by Gasteiger charge is 2.34. The van der Waals surface area contributed by atoms with Crippen LogP contribution in [-0.2, 0) is 22.6 Å². The van der Waals surface area contributed by atoms with E-state index in [0.717, 1.165) is 30.2 Å². The molecule has 1 heterocycles. The quantitative estimate of drug-likeness (QED) is 0.487. The van der Waals surface area contributed by atoms with E-state index in [0.29, 0.717) is 34.7 Å². The van der Waals surface area contributed by atoms with E-state index >= 15 is 0 Å². The van der Waals surface area contributed by atoms with Crippen LogP contribution >= 0.6 is 0 Å². The monoisotopic (exact) mass is 462 g/mol. The Bertz CT molecular complexity index is 1190. The van der Waals surface area contributed by atoms with E-state index in [2.05, 4.69) is 4.98 Å². The number of carboxylic acids is 1. The van der Waals surface area contributed by atoms with E-state index in [-0.39, 0.29) is 24.8 Å². The lowest BCUT2D eigenvalue weighted by atomic mass is 9.87. The first-order valence-corrected chi connectivity index (χ1v) is 11.3. The summed E-state index contributed by atoms with van der Waals surface area (Å²) in [4.78, 5) is 30.9. The van der Waals surface area contributed by atoms with Crippen molar-refractivity contribution in [2.24, 2.45) is 5.92 Å². The number of nitrogens with zero attached hydrogens (tertiary/aromatic N) is 2. The fourth-order valence-electron chi connectivity index (χ4n) is 4.25. The molecule has 1 aromatic heterocycles. The summed E-state index contributed by atoms with van der Waals surface area (Å²) in [5.41, 5.74) is 3.82. The molecule has 0 aliphatic heterocycles. The second kappa shape index (κ2) is 10.0. The van der Waals surface area contributed by atoms with Crippen LogP contribution in [0.4, 0.5) is 4.39 Å². The molecule has 4 rings (SSSR count). The van der Waals surface area contributed by atoms with Crippen molar-refractivity contribution in [3.8, 4) is 28.1 Å². The van der Waals surface area contributed by atoms with Gasteiger partial charge in [0.25, 0.3) is 0 Å². The summed E-state index contributed by atoms with van der Waals surface area (Å²) < 4.78 is 19.4. The number of amides is 1. The Balaban J connectivity index is 1.99. The fraction of sp³-hybridized carbons (Fsp3) is 0.296. The van der Waals surface area contributed by atoms with Crippen LogP contribution in [-0.4, -0.2) is 40.5 Å². The van der Waals surface area contributed by atoms with Gasteiger partial charge in [0.05, 0.1) is 25.4 Å². The number of aliphatic carboxylic acids is 1. The highest BCUT2D eigenvalue weighted by Crippen LogP contribution is 2.42. The Kier molecular flexibility index (Phi) is 6.91. The Labute approximate surface area is 198 Å². The average molecular weight is 463 g/mol. The van der Waals surface area contributed by atoms with E-state index in [1.54, 1.807) is 18.1 Å². The van der Waals surface area contributed by atoms with Crippen LogP contribution < -0.4 is 4.74 Å². The predicted octanol–water partition coefficient (Wildman–Crippen LogP) is 4.95. The third-order valence-electron chi connectivity index (χ3n) is 6.10. The Morgan fingerprint density at radius 2 is 1.88 bits per heavy atom. The van der Waals surface area contributed by atoms with Crippen molar-refractivity contribution in [3.05, 3.63) is 71.7 Å². The van der Waals surface area contributed by atoms with Gasteiger partial charge in [-0.3, -0.25) is 14.6 Å². The molecule has 0 spiro atoms. The molecule has 34 heavy (non-hydrogen) atoms. The molecule has 6 nitrogen and oxygen atoms in total. The molecule has 0 unspecified atom stereocenters. The molecule has 1 saturated carbocycles. The third kappa shape index (κ3) is 4.93. The minimum absolute atomic E-state index is 0.0342. The zero-order valence-electron chi connectivity index (χ0n) is 19.3. The fourth-order valence-corrected chi connectivity index (χ4v) is 4.25. The van der Waals surface area contributed by atoms with Crippen LogP contribution in [0, 0.1) is 11.7 Å². The molecular weight excluding hydrogens is 435 g/mol. The lowest BCUT2D eigenvalue weighted by molar-refractivity contribution is -0.136. The molecular formula is C27H27FN2O4. The highest BCUT2D eigenvalue weighted by atomic mass is 19.1. The van der Waals surface area contributed by atoms with E-state index in [4.69, 9.17) is 4.74 Å². The van der Waals surface area contributed by atoms with Crippen molar-refractivity contribution < 1.29 is 23.8 Å². The Morgan fingerprint density at radius 1 is 1.15 bits per heavy atom. The number of carboxylic acid groups (broad SMARTS) is 1. The van der Waals surface area contributed by atoms with Crippen LogP contribution in [0.2, 0.25) is 0 Å². The molecule has 176 valence electrons. The lowest BCUT2D eigenvalue weighted by Gasteiger charge is -2.27. The summed E-state index contributed by atoms with van der Waals surface area (Å²) in [5, 5.41) is 9.80. The molecule has 1 aliphatic carbocycles. The van der Waals surface area contributed by atoms with Crippen molar-refractivity contribution >= 4 is 11.9 Å². The zero-order chi connectivity index (χ0) is 24.2. The standard InChI is InChI=1S/C27H27FN2O4/c1-3-30(27(33)18-9-10-18)16-22-20(14-25(31)32)21(23-12-11-19(28)15-29-23)13-24(34-2)26(22)17-7-5-4-6-8-17/h4-8,11-13,15,18H,3,9-10,14,16H2,1-2H3,(H,31,32). The van der Waals surface area contributed by atoms with Crippen LogP contribution in [0.25, 0.3) is 22.4 Å². The number of carbonyl (C=O) groups excluding carboxylic acids is 1. The number of hydrogen-bond acceptors (Lipinski definition) is 4. The smallest absolute Gasteiger partial charge is 0.307 e. The normalized spacial score (nSPS) is 12.9. The maximum absolute atomic E-state index is 13.6. The number of methoxy groups -OCH3 is 1. The highest BCUT2D eigenvalue weighted by molar-refractivity contribution is 5.86. The average Bonchev–Trinajstić information content (AvgIpc) is 3.69. The number of ether oxygens (including phenoxy) is 1. The van der Waals surface area contributed by atoms with Gasteiger partial charge in [-0.25, -0.2) is 4.39 Å². The molecule has 1 aliphatic rings. The Morgan fingerprint density at radius 3 is 2.44 bits per heavy atom. The van der Waals surface area contributed by atoms with Crippen LogP contribution in [0.5, 0.6) is 5.75 Å². The molecule has 1 amide bonds. The van der Waals surface area contributed by atoms with Gasteiger partial charge in [0.15, 0.2) is 0 Å². The van der Waals surface area contributed by atoms with Gasteiger partial charge >= 0.3 is 5.97 Å². The third-order valence-corrected chi connectivity index (χ3v) is 6.10. The number of pyridine rings is 1. The van der Waals surface area contributed by atoms with Crippen molar-refractivity contribution in [2.45, 2.75) is 32.7 Å². The summed E-state index contributed by atoms with van der Waals surface area (Å²) in [6.07, 6.45) is 2.59. The number of benzene rings is 2. The number of aromatic nitrogens is 1. The Hall–Kier alpha value is -3.74. The van der Waals surface area contributed by atoms with Crippen molar-refractivity contribution in [2.75, 3.05) is 13.7 Å². The first kappa shape index (κ1) is 23.4. The van der Waals surface area contributed by atoms with Gasteiger partial charge in [0.2, 0.25) is 5.91 Å². The molecule has 2 aromatic carbocycles. The molecule has 1 N–H and O–H groups in total. The second-order valence-electron chi connectivity index (χ2n) is 8.38. The molecule has 7 heteroatoms. The first-order valence-electron chi connectivity index (χ1n) is 11.3. The molecule has 0 bridgehead atoms. The van der Waals surface area contributed by atoms with Crippen LogP contribution in [0.3, 0.4) is 0 Å². The molecule has 3 aromatic rings. The van der Waals surface area contributed by atoms with Crippen molar-refractivity contribution in [1.29, 1.82) is 0 Å². The first-order chi connectivity index (χ1) is 16.4. The van der Waals surface area contributed by atoms with Gasteiger partial charge in [0.1, 0.15) is 11.6 Å². The van der Waals surface area contributed by atoms with E-state index in [9.17, 15) is 19.1 Å². The zero-order valence-corrected chi connectivity index (χ0v) is 19.3. The van der Waals surface area contributed by atoms with Crippen LogP contribution in [0.15, 0.2) is 54.7 Å². The summed E-state index contributed by atoms with van der Waals surface area (Å²) >= 11 is 0. The van der Waals surface area contributed by atoms with Crippen molar-refractivity contribution in [1.82, 2.24) is 9.88 Å². The summed E-state index contributed by atoms with van der Waals surface area (Å²) in [6, 6.07) is 14.1. The molecule has 0 saturated heterocycles. The minimum atomic E-state index is -1.01. The van der Waals surface area contributed by atoms with E-state index in [1.165, 1.54) is 12.1 Å². The van der Waals surface area contributed by atoms with Gasteiger partial charge in [-0.05, 0) is 54.7 Å². The maximum atomic E-state index is 13.6. The number of halogens is 1. The molecule has 1 fully saturated rings. The van der Waals surface area contributed by atoms with Crippen LogP contribution in [0.1, 0.15) is 30.9 Å². The lowest BCUT2D eigenvalue weighted by Crippen LogP contribution is -2.32. The largest absolute Gasteiger partial charge is 0.496 e. The maximum Gasteiger partial charge on any atom is 0.307 e. The number of rotatable bonds is 9. The second-order valence-corrected chi connectivity index (χ2v) is 8.38. The summed E-state index contributed by atoms with van der Waals surface area (Å²) in [6.45, 7) is 2.66. The molecule has 0 atom stereocenters. The topological polar surface area (TPSA) is 79.7 Å². The van der Waals surface area contributed by atoms with Gasteiger partial charge in [-0.15, -0.1) is 0 Å².